The van der Waals surface area contributed by atoms with Crippen molar-refractivity contribution in [2.75, 3.05) is 67.6 Å². The Morgan fingerprint density at radius 3 is 1.37 bits per heavy atom. The number of esters is 4. The molecule has 402 valence electrons. The van der Waals surface area contributed by atoms with Crippen molar-refractivity contribution < 1.29 is 66.5 Å². The molecule has 14 heteroatoms. The quantitative estimate of drug-likeness (QED) is 0.0228. The summed E-state index contributed by atoms with van der Waals surface area (Å²) in [6.45, 7) is 10.5. The van der Waals surface area contributed by atoms with Crippen LogP contribution < -0.4 is 28.4 Å². The van der Waals surface area contributed by atoms with Crippen molar-refractivity contribution in [3.05, 3.63) is 95.6 Å². The summed E-state index contributed by atoms with van der Waals surface area (Å²) in [5.74, 6) is 1.92. The molecule has 0 heterocycles. The fourth-order valence-corrected chi connectivity index (χ4v) is 7.28. The van der Waals surface area contributed by atoms with Gasteiger partial charge in [-0.1, -0.05) is 77.0 Å². The maximum absolute atomic E-state index is 13.5. The van der Waals surface area contributed by atoms with Gasteiger partial charge in [0.15, 0.2) is 23.0 Å². The minimum absolute atomic E-state index is 0.312. The molecule has 0 unspecified atom stereocenters. The van der Waals surface area contributed by atoms with Crippen LogP contribution in [0.3, 0.4) is 0 Å². The van der Waals surface area contributed by atoms with Crippen LogP contribution >= 0.6 is 0 Å². The van der Waals surface area contributed by atoms with Crippen molar-refractivity contribution in [2.24, 2.45) is 0 Å². The van der Waals surface area contributed by atoms with Crippen LogP contribution in [0.2, 0.25) is 0 Å². The molecule has 3 rings (SSSR count). The molecule has 0 aliphatic heterocycles. The van der Waals surface area contributed by atoms with E-state index in [-0.39, 0.29) is 5.97 Å². The molecule has 73 heavy (non-hydrogen) atoms. The Morgan fingerprint density at radius 2 is 0.877 bits per heavy atom. The summed E-state index contributed by atoms with van der Waals surface area (Å²) >= 11 is 0. The minimum atomic E-state index is -0.443. The molecule has 0 atom stereocenters. The Bertz CT molecular complexity index is 2140. The summed E-state index contributed by atoms with van der Waals surface area (Å²) in [5, 5.41) is 0. The number of rotatable bonds is 41. The molecule has 3 aromatic carbocycles. The lowest BCUT2D eigenvalue weighted by Gasteiger charge is -2.14. The van der Waals surface area contributed by atoms with E-state index in [2.05, 4.69) is 18.2 Å². The van der Waals surface area contributed by atoms with Crippen molar-refractivity contribution in [1.29, 1.82) is 0 Å². The van der Waals surface area contributed by atoms with Crippen LogP contribution in [0.15, 0.2) is 78.9 Å². The summed E-state index contributed by atoms with van der Waals surface area (Å²) in [4.78, 5) is 48.8. The van der Waals surface area contributed by atoms with Gasteiger partial charge in [-0.15, -0.1) is 0 Å². The average Bonchev–Trinajstić information content (AvgIpc) is 3.40. The smallest absolute Gasteiger partial charge is 0.342 e. The Labute approximate surface area is 434 Å². The van der Waals surface area contributed by atoms with Crippen LogP contribution in [0, 0.1) is 0 Å². The van der Waals surface area contributed by atoms with Gasteiger partial charge in [-0.25, -0.2) is 19.2 Å². The van der Waals surface area contributed by atoms with E-state index in [4.69, 9.17) is 42.6 Å². The molecular formula is C59H82O14. The van der Waals surface area contributed by atoms with E-state index in [1.807, 2.05) is 36.4 Å². The highest BCUT2D eigenvalue weighted by Gasteiger charge is 2.17. The van der Waals surface area contributed by atoms with E-state index in [0.29, 0.717) is 98.3 Å². The molecule has 14 nitrogen and oxygen atoms in total. The number of ether oxygens (including phenoxy) is 10. The number of carbonyl (C=O) groups is 4. The molecule has 0 spiro atoms. The largest absolute Gasteiger partial charge is 0.494 e. The monoisotopic (exact) mass is 1010 g/mol. The van der Waals surface area contributed by atoms with Crippen molar-refractivity contribution in [2.45, 2.75) is 136 Å². The van der Waals surface area contributed by atoms with E-state index >= 15 is 0 Å². The molecule has 0 aromatic heterocycles. The third-order valence-electron chi connectivity index (χ3n) is 11.5. The topological polar surface area (TPSA) is 161 Å². The van der Waals surface area contributed by atoms with Crippen molar-refractivity contribution in [3.8, 4) is 34.5 Å². The van der Waals surface area contributed by atoms with Gasteiger partial charge in [0.25, 0.3) is 0 Å². The van der Waals surface area contributed by atoms with E-state index in [0.717, 1.165) is 127 Å². The van der Waals surface area contributed by atoms with Crippen molar-refractivity contribution in [1.82, 2.24) is 0 Å². The second-order valence-electron chi connectivity index (χ2n) is 17.6. The summed E-state index contributed by atoms with van der Waals surface area (Å²) in [7, 11) is 4.50. The Kier molecular flexibility index (Phi) is 31.9. The van der Waals surface area contributed by atoms with Gasteiger partial charge in [0.1, 0.15) is 17.1 Å². The van der Waals surface area contributed by atoms with Crippen molar-refractivity contribution >= 4 is 36.0 Å². The summed E-state index contributed by atoms with van der Waals surface area (Å²) in [6.07, 6.45) is 24.1. The second kappa shape index (κ2) is 38.2. The van der Waals surface area contributed by atoms with E-state index < -0.39 is 17.9 Å². The van der Waals surface area contributed by atoms with Crippen LogP contribution in [-0.2, 0) is 33.3 Å². The lowest BCUT2D eigenvalue weighted by molar-refractivity contribution is -0.139. The van der Waals surface area contributed by atoms with Crippen LogP contribution in [0.5, 0.6) is 34.5 Å². The molecule has 0 bridgehead atoms. The first-order valence-electron chi connectivity index (χ1n) is 26.2. The summed E-state index contributed by atoms with van der Waals surface area (Å²) < 4.78 is 55.9. The van der Waals surface area contributed by atoms with Gasteiger partial charge in [-0.05, 0) is 143 Å². The van der Waals surface area contributed by atoms with E-state index in [1.165, 1.54) is 19.3 Å². The zero-order chi connectivity index (χ0) is 52.7. The highest BCUT2D eigenvalue weighted by atomic mass is 16.5. The van der Waals surface area contributed by atoms with Gasteiger partial charge in [-0.2, -0.15) is 0 Å². The van der Waals surface area contributed by atoms with Gasteiger partial charge in [-0.3, -0.25) is 0 Å². The number of unbranched alkanes of at least 4 members (excludes halogenated alkanes) is 15. The van der Waals surface area contributed by atoms with E-state index in [9.17, 15) is 19.2 Å². The number of methoxy groups -OCH3 is 3. The minimum Gasteiger partial charge on any atom is -0.494 e. The zero-order valence-corrected chi connectivity index (χ0v) is 44.3. The molecule has 0 aliphatic rings. The Balaban J connectivity index is 1.40. The van der Waals surface area contributed by atoms with Crippen molar-refractivity contribution in [3.63, 3.8) is 0 Å². The summed E-state index contributed by atoms with van der Waals surface area (Å²) in [6, 6.07) is 16.3. The highest BCUT2D eigenvalue weighted by molar-refractivity contribution is 5.93. The molecule has 0 amide bonds. The predicted octanol–water partition coefficient (Wildman–Crippen LogP) is 13.1. The predicted molar refractivity (Wildman–Crippen MR) is 285 cm³/mol. The lowest BCUT2D eigenvalue weighted by Crippen LogP contribution is -2.10. The molecule has 0 N–H and O–H groups in total. The van der Waals surface area contributed by atoms with Crippen LogP contribution in [0.25, 0.3) is 12.2 Å². The molecule has 0 saturated carbocycles. The maximum atomic E-state index is 13.5. The first-order valence-corrected chi connectivity index (χ1v) is 26.2. The Morgan fingerprint density at radius 1 is 0.452 bits per heavy atom. The first kappa shape index (κ1) is 60.9. The van der Waals surface area contributed by atoms with Gasteiger partial charge >= 0.3 is 23.9 Å². The second-order valence-corrected chi connectivity index (χ2v) is 17.6. The maximum Gasteiger partial charge on any atom is 0.342 e. The molecular weight excluding hydrogens is 933 g/mol. The number of hydrogen-bond donors (Lipinski definition) is 0. The van der Waals surface area contributed by atoms with Gasteiger partial charge in [0.05, 0.1) is 67.6 Å². The fraction of sp³-hybridized carbons (Fsp3) is 0.525. The molecule has 0 radical (unpaired) electrons. The Hall–Kier alpha value is -6.44. The normalized spacial score (nSPS) is 11.0. The van der Waals surface area contributed by atoms with Gasteiger partial charge < -0.3 is 47.4 Å². The highest BCUT2D eigenvalue weighted by Crippen LogP contribution is 2.31. The van der Waals surface area contributed by atoms with Crippen LogP contribution in [-0.4, -0.2) is 91.5 Å². The van der Waals surface area contributed by atoms with Crippen LogP contribution in [0.4, 0.5) is 0 Å². The van der Waals surface area contributed by atoms with Gasteiger partial charge in [0.2, 0.25) is 0 Å². The van der Waals surface area contributed by atoms with Crippen LogP contribution in [0.1, 0.15) is 157 Å². The molecule has 0 saturated heterocycles. The SMILES string of the molecule is C=C(C)C(=O)OCCCCCCCCCCCOC(=O)c1cc(OCCCCCCOc2ccc(/C=C/C(=O)OC)cc2OC)ccc1OCCCCCCOC(=O)/C=C/c1ccc(OCCCC)c(OC)c1. The van der Waals surface area contributed by atoms with E-state index in [1.54, 1.807) is 51.5 Å². The summed E-state index contributed by atoms with van der Waals surface area (Å²) in [5.41, 5.74) is 2.36. The standard InChI is InChI=1S/C59H82O14/c1-7-8-36-69-52-31-27-48(44-54(52)64-4)29-35-57(61)71-40-23-19-18-21-38-68-51-33-30-49(45-50(51)59(63)73-42-25-15-13-11-9-10-12-14-24-41-72-58(62)46(2)3)67-37-20-16-17-22-39-70-53-32-26-47(43-55(53)65-5)28-34-56(60)66-6/h26-35,43-45H,2,7-25,36-42H2,1,3-6H3/b34-28+,35-29+. The first-order chi connectivity index (χ1) is 35.6. The lowest BCUT2D eigenvalue weighted by atomic mass is 10.1. The third kappa shape index (κ3) is 26.7. The molecule has 0 aliphatic carbocycles. The average molecular weight is 1020 g/mol. The fourth-order valence-electron chi connectivity index (χ4n) is 7.28. The number of carbonyl (C=O) groups excluding carboxylic acids is 4. The number of benzene rings is 3. The molecule has 0 fully saturated rings. The number of hydrogen-bond acceptors (Lipinski definition) is 14. The third-order valence-corrected chi connectivity index (χ3v) is 11.5. The molecule has 3 aromatic rings. The van der Waals surface area contributed by atoms with Gasteiger partial charge in [0, 0.05) is 17.7 Å². The zero-order valence-electron chi connectivity index (χ0n) is 44.3.